The molecule has 1 atom stereocenters. The van der Waals surface area contributed by atoms with Crippen LogP contribution in [0.5, 0.6) is 0 Å². The van der Waals surface area contributed by atoms with Gasteiger partial charge in [0.05, 0.1) is 10.2 Å². The number of hydrogen-bond donors (Lipinski definition) is 0. The van der Waals surface area contributed by atoms with Crippen LogP contribution in [-0.2, 0) is 13.0 Å². The van der Waals surface area contributed by atoms with Gasteiger partial charge in [-0.05, 0) is 55.8 Å². The monoisotopic (exact) mass is 410 g/mol. The van der Waals surface area contributed by atoms with E-state index in [1.54, 1.807) is 0 Å². The van der Waals surface area contributed by atoms with Gasteiger partial charge in [-0.2, -0.15) is 0 Å². The van der Waals surface area contributed by atoms with Gasteiger partial charge in [-0.3, -0.25) is 14.3 Å². The average molecular weight is 411 g/mol. The number of likely N-dealkylation sites (tertiary alicyclic amines) is 1. The molecule has 0 saturated carbocycles. The third-order valence-electron chi connectivity index (χ3n) is 5.62. The third-order valence-corrected chi connectivity index (χ3v) is 6.57. The van der Waals surface area contributed by atoms with Crippen molar-refractivity contribution in [2.75, 3.05) is 13.1 Å². The van der Waals surface area contributed by atoms with Crippen molar-refractivity contribution in [1.29, 1.82) is 0 Å². The van der Waals surface area contributed by atoms with Gasteiger partial charge in [-0.25, -0.2) is 0 Å². The van der Waals surface area contributed by atoms with Crippen LogP contribution in [-0.4, -0.2) is 28.6 Å². The number of rotatable bonds is 7. The van der Waals surface area contributed by atoms with Crippen molar-refractivity contribution < 1.29 is 0 Å². The Hall–Kier alpha value is -0.840. The zero-order valence-electron chi connectivity index (χ0n) is 17.1. The lowest BCUT2D eigenvalue weighted by Gasteiger charge is -2.31. The lowest BCUT2D eigenvalue weighted by atomic mass is 9.99. The molecule has 1 unspecified atom stereocenters. The van der Waals surface area contributed by atoms with Gasteiger partial charge in [0.15, 0.2) is 0 Å². The highest BCUT2D eigenvalue weighted by molar-refractivity contribution is 7.16. The minimum atomic E-state index is 0. The molecule has 27 heavy (non-hydrogen) atoms. The van der Waals surface area contributed by atoms with Gasteiger partial charge >= 0.3 is 4.87 Å². The summed E-state index contributed by atoms with van der Waals surface area (Å²) in [5, 5.41) is 0. The van der Waals surface area contributed by atoms with Crippen LogP contribution in [0.1, 0.15) is 64.9 Å². The minimum absolute atomic E-state index is 0. The van der Waals surface area contributed by atoms with E-state index in [-0.39, 0.29) is 17.3 Å². The molecule has 1 aliphatic heterocycles. The first-order valence-corrected chi connectivity index (χ1v) is 11.3. The Kier molecular flexibility index (Phi) is 8.84. The van der Waals surface area contributed by atoms with E-state index in [0.29, 0.717) is 6.04 Å². The first-order chi connectivity index (χ1) is 12.6. The van der Waals surface area contributed by atoms with E-state index >= 15 is 0 Å². The fraction of sp³-hybridized carbons (Fsp3) is 0.682. The van der Waals surface area contributed by atoms with Crippen molar-refractivity contribution in [2.45, 2.75) is 78.3 Å². The summed E-state index contributed by atoms with van der Waals surface area (Å²) in [6.45, 7) is 9.86. The van der Waals surface area contributed by atoms with E-state index in [1.807, 2.05) is 4.57 Å². The van der Waals surface area contributed by atoms with Gasteiger partial charge in [0.2, 0.25) is 0 Å². The summed E-state index contributed by atoms with van der Waals surface area (Å²) in [7, 11) is 0. The average Bonchev–Trinajstić information content (AvgIpc) is 2.75. The van der Waals surface area contributed by atoms with Gasteiger partial charge in [-0.15, -0.1) is 12.4 Å². The SMILES string of the molecule is CCCc1ccc2c(c1)sc(=O)n2CCN1CCCCCC1CC(C)C.Cl. The number of benzene rings is 1. The molecule has 0 amide bonds. The molecule has 0 N–H and O–H groups in total. The number of thiazole rings is 1. The molecule has 1 fully saturated rings. The molecule has 1 aromatic heterocycles. The normalized spacial score (nSPS) is 18.6. The molecule has 0 bridgehead atoms. The zero-order chi connectivity index (χ0) is 18.5. The number of hydrogen-bond acceptors (Lipinski definition) is 3. The standard InChI is InChI=1S/C22H34N2OS.ClH/c1-4-8-18-10-11-20-21(16-18)26-22(25)24(20)14-13-23-12-7-5-6-9-19(23)15-17(2)3;/h10-11,16-17,19H,4-9,12-15H2,1-3H3;1H. The van der Waals surface area contributed by atoms with E-state index in [4.69, 9.17) is 0 Å². The lowest BCUT2D eigenvalue weighted by Crippen LogP contribution is -2.38. The summed E-state index contributed by atoms with van der Waals surface area (Å²) in [6, 6.07) is 7.26. The highest BCUT2D eigenvalue weighted by Crippen LogP contribution is 2.23. The molecule has 1 aromatic carbocycles. The molecule has 3 rings (SSSR count). The smallest absolute Gasteiger partial charge is 0.299 e. The highest BCUT2D eigenvalue weighted by Gasteiger charge is 2.22. The zero-order valence-corrected chi connectivity index (χ0v) is 18.7. The number of aromatic nitrogens is 1. The molecule has 152 valence electrons. The summed E-state index contributed by atoms with van der Waals surface area (Å²) < 4.78 is 3.16. The second kappa shape index (κ2) is 10.6. The van der Waals surface area contributed by atoms with Crippen molar-refractivity contribution >= 4 is 34.0 Å². The molecule has 1 saturated heterocycles. The first kappa shape index (κ1) is 22.4. The molecule has 3 nitrogen and oxygen atoms in total. The van der Waals surface area contributed by atoms with Gasteiger partial charge in [0.1, 0.15) is 0 Å². The van der Waals surface area contributed by atoms with Crippen molar-refractivity contribution in [3.05, 3.63) is 33.4 Å². The maximum Gasteiger partial charge on any atom is 0.308 e. The summed E-state index contributed by atoms with van der Waals surface area (Å²) >= 11 is 1.41. The van der Waals surface area contributed by atoms with Crippen LogP contribution in [0.2, 0.25) is 0 Å². The van der Waals surface area contributed by atoms with Crippen molar-refractivity contribution in [3.8, 4) is 0 Å². The highest BCUT2D eigenvalue weighted by atomic mass is 35.5. The van der Waals surface area contributed by atoms with Crippen molar-refractivity contribution in [3.63, 3.8) is 0 Å². The number of nitrogens with zero attached hydrogens (tertiary/aromatic N) is 2. The molecule has 0 spiro atoms. The molecule has 5 heteroatoms. The van der Waals surface area contributed by atoms with Crippen LogP contribution in [0.15, 0.2) is 23.0 Å². The van der Waals surface area contributed by atoms with Gasteiger partial charge in [0.25, 0.3) is 0 Å². The van der Waals surface area contributed by atoms with E-state index in [9.17, 15) is 4.79 Å². The minimum Gasteiger partial charge on any atom is -0.299 e. The lowest BCUT2D eigenvalue weighted by molar-refractivity contribution is 0.170. The second-order valence-electron chi connectivity index (χ2n) is 8.24. The topological polar surface area (TPSA) is 25.2 Å². The van der Waals surface area contributed by atoms with Gasteiger partial charge in [-0.1, -0.05) is 57.4 Å². The van der Waals surface area contributed by atoms with Crippen LogP contribution >= 0.6 is 23.7 Å². The number of fused-ring (bicyclic) bond motifs is 1. The van der Waals surface area contributed by atoms with Crippen molar-refractivity contribution in [1.82, 2.24) is 9.47 Å². The summed E-state index contributed by atoms with van der Waals surface area (Å²) in [4.78, 5) is 15.4. The van der Waals surface area contributed by atoms with E-state index in [1.165, 1.54) is 55.5 Å². The maximum atomic E-state index is 12.6. The molecule has 0 aliphatic carbocycles. The predicted molar refractivity (Wildman–Crippen MR) is 121 cm³/mol. The summed E-state index contributed by atoms with van der Waals surface area (Å²) in [6.07, 6.45) is 8.84. The number of aryl methyl sites for hydroxylation is 1. The Balaban J connectivity index is 0.00000261. The van der Waals surface area contributed by atoms with Crippen molar-refractivity contribution in [2.24, 2.45) is 5.92 Å². The van der Waals surface area contributed by atoms with Gasteiger partial charge in [0, 0.05) is 19.1 Å². The quantitative estimate of drug-likeness (QED) is 0.582. The van der Waals surface area contributed by atoms with Crippen LogP contribution < -0.4 is 4.87 Å². The molecule has 2 aromatic rings. The number of halogens is 1. The van der Waals surface area contributed by atoms with Crippen LogP contribution in [0.25, 0.3) is 10.2 Å². The summed E-state index contributed by atoms with van der Waals surface area (Å²) in [5.74, 6) is 0.738. The molecule has 0 radical (unpaired) electrons. The fourth-order valence-electron chi connectivity index (χ4n) is 4.34. The van der Waals surface area contributed by atoms with E-state index in [0.717, 1.165) is 42.1 Å². The Morgan fingerprint density at radius 2 is 2.00 bits per heavy atom. The third kappa shape index (κ3) is 5.82. The first-order valence-electron chi connectivity index (χ1n) is 10.4. The molecule has 2 heterocycles. The maximum absolute atomic E-state index is 12.6. The Labute approximate surface area is 174 Å². The van der Waals surface area contributed by atoms with Crippen LogP contribution in [0, 0.1) is 5.92 Å². The Bertz CT molecular complexity index is 767. The van der Waals surface area contributed by atoms with Gasteiger partial charge < -0.3 is 0 Å². The van der Waals surface area contributed by atoms with Crippen LogP contribution in [0.3, 0.4) is 0 Å². The van der Waals surface area contributed by atoms with E-state index in [2.05, 4.69) is 43.9 Å². The van der Waals surface area contributed by atoms with Crippen LogP contribution in [0.4, 0.5) is 0 Å². The van der Waals surface area contributed by atoms with E-state index < -0.39 is 0 Å². The second-order valence-corrected chi connectivity index (χ2v) is 9.23. The molecular weight excluding hydrogens is 376 g/mol. The summed E-state index contributed by atoms with van der Waals surface area (Å²) in [5.41, 5.74) is 2.47. The fourth-order valence-corrected chi connectivity index (χ4v) is 5.32. The Morgan fingerprint density at radius 1 is 1.19 bits per heavy atom. The Morgan fingerprint density at radius 3 is 2.74 bits per heavy atom. The predicted octanol–water partition coefficient (Wildman–Crippen LogP) is 5.73. The largest absolute Gasteiger partial charge is 0.308 e. The molecule has 1 aliphatic rings. The molecular formula is C22H35ClN2OS.